The third-order valence-corrected chi connectivity index (χ3v) is 7.25. The van der Waals surface area contributed by atoms with E-state index in [4.69, 9.17) is 18.8 Å². The molecule has 7 rings (SSSR count). The van der Waals surface area contributed by atoms with Gasteiger partial charge in [-0.3, -0.25) is 0 Å². The van der Waals surface area contributed by atoms with Crippen molar-refractivity contribution in [1.29, 1.82) is 0 Å². The number of oxazole rings is 2. The first-order chi connectivity index (χ1) is 17.7. The number of hydrogen-bond donors (Lipinski definition) is 0. The Morgan fingerprint density at radius 3 is 1.25 bits per heavy atom. The van der Waals surface area contributed by atoms with Crippen LogP contribution >= 0.6 is 0 Å². The van der Waals surface area contributed by atoms with Crippen molar-refractivity contribution in [2.45, 2.75) is 23.7 Å². The van der Waals surface area contributed by atoms with Crippen LogP contribution in [-0.2, 0) is 0 Å². The minimum atomic E-state index is -0.301. The molecule has 4 nitrogen and oxygen atoms in total. The zero-order chi connectivity index (χ0) is 24.2. The Balaban J connectivity index is 1.44. The van der Waals surface area contributed by atoms with E-state index in [0.29, 0.717) is 22.9 Å². The molecule has 0 bridgehead atoms. The van der Waals surface area contributed by atoms with Gasteiger partial charge in [0.2, 0.25) is 0 Å². The van der Waals surface area contributed by atoms with Gasteiger partial charge in [-0.2, -0.15) is 0 Å². The fraction of sp³-hybridized carbons (Fsp3) is 0.133. The second-order valence-corrected chi connectivity index (χ2v) is 9.25. The number of fused-ring (bicyclic) bond motifs is 2. The second-order valence-electron chi connectivity index (χ2n) is 9.25. The molecule has 4 atom stereocenters. The van der Waals surface area contributed by atoms with Gasteiger partial charge in [0.25, 0.3) is 0 Å². The molecule has 4 aromatic carbocycles. The van der Waals surface area contributed by atoms with Crippen LogP contribution < -0.4 is 0 Å². The predicted molar refractivity (Wildman–Crippen MR) is 132 cm³/mol. The summed E-state index contributed by atoms with van der Waals surface area (Å²) in [5.74, 6) is -0.0897. The van der Waals surface area contributed by atoms with Crippen molar-refractivity contribution >= 4 is 22.2 Å². The third-order valence-electron chi connectivity index (χ3n) is 7.25. The van der Waals surface area contributed by atoms with Gasteiger partial charge >= 0.3 is 0 Å². The van der Waals surface area contributed by atoms with Crippen LogP contribution in [0, 0.1) is 11.6 Å². The smallest absolute Gasteiger partial charge is 0.200 e. The molecule has 6 aromatic rings. The summed E-state index contributed by atoms with van der Waals surface area (Å²) in [6.45, 7) is 0. The second kappa shape index (κ2) is 8.12. The van der Waals surface area contributed by atoms with Crippen LogP contribution in [0.3, 0.4) is 0 Å². The Kier molecular flexibility index (Phi) is 4.74. The highest BCUT2D eigenvalue weighted by molar-refractivity contribution is 5.73. The minimum absolute atomic E-state index is 0.107. The lowest BCUT2D eigenvalue weighted by atomic mass is 9.52. The molecule has 1 aliphatic carbocycles. The molecule has 2 aromatic heterocycles. The number of rotatable bonds is 4. The Bertz CT molecular complexity index is 1490. The Hall–Kier alpha value is -4.32. The molecule has 1 aliphatic rings. The maximum Gasteiger partial charge on any atom is 0.200 e. The van der Waals surface area contributed by atoms with Crippen molar-refractivity contribution in [3.63, 3.8) is 0 Å². The fourth-order valence-corrected chi connectivity index (χ4v) is 5.63. The van der Waals surface area contributed by atoms with Crippen molar-refractivity contribution in [2.75, 3.05) is 0 Å². The van der Waals surface area contributed by atoms with E-state index in [-0.39, 0.29) is 35.3 Å². The van der Waals surface area contributed by atoms with Crippen molar-refractivity contribution in [3.05, 3.63) is 132 Å². The first-order valence-corrected chi connectivity index (χ1v) is 11.9. The summed E-state index contributed by atoms with van der Waals surface area (Å²) in [5, 5.41) is 0. The molecule has 0 N–H and O–H groups in total. The van der Waals surface area contributed by atoms with E-state index in [1.165, 1.54) is 24.3 Å². The van der Waals surface area contributed by atoms with Crippen LogP contribution in [0.15, 0.2) is 106 Å². The molecular weight excluding hydrogens is 458 g/mol. The number of benzene rings is 4. The van der Waals surface area contributed by atoms with E-state index in [1.54, 1.807) is 24.3 Å². The molecule has 0 saturated heterocycles. The lowest BCUT2D eigenvalue weighted by molar-refractivity contribution is 0.171. The summed E-state index contributed by atoms with van der Waals surface area (Å²) in [4.78, 5) is 9.66. The Labute approximate surface area is 205 Å². The highest BCUT2D eigenvalue weighted by Gasteiger charge is 2.57. The van der Waals surface area contributed by atoms with Crippen molar-refractivity contribution in [3.8, 4) is 0 Å². The zero-order valence-electron chi connectivity index (χ0n) is 19.0. The van der Waals surface area contributed by atoms with Crippen LogP contribution in [0.2, 0.25) is 0 Å². The number of halogens is 2. The molecule has 0 radical (unpaired) electrons. The summed E-state index contributed by atoms with van der Waals surface area (Å²) in [6, 6.07) is 28.3. The molecule has 6 heteroatoms. The van der Waals surface area contributed by atoms with E-state index in [1.807, 2.05) is 48.5 Å². The molecule has 4 unspecified atom stereocenters. The molecular formula is C30H20F2N2O2. The quantitative estimate of drug-likeness (QED) is 0.261. The number of para-hydroxylation sites is 4. The molecule has 1 saturated carbocycles. The van der Waals surface area contributed by atoms with Gasteiger partial charge in [-0.15, -0.1) is 0 Å². The summed E-state index contributed by atoms with van der Waals surface area (Å²) < 4.78 is 40.2. The van der Waals surface area contributed by atoms with E-state index in [2.05, 4.69) is 0 Å². The molecule has 0 spiro atoms. The summed E-state index contributed by atoms with van der Waals surface area (Å²) >= 11 is 0. The normalized spacial score (nSPS) is 21.6. The monoisotopic (exact) mass is 478 g/mol. The SMILES string of the molecule is Fc1ccc(C2C(c3ccc(F)cc3)C(c3nc4ccccc4o3)C2c2nc3ccccc3o2)cc1. The fourth-order valence-electron chi connectivity index (χ4n) is 5.63. The molecule has 0 aliphatic heterocycles. The summed E-state index contributed by atoms with van der Waals surface area (Å²) in [6.07, 6.45) is 0. The predicted octanol–water partition coefficient (Wildman–Crippen LogP) is 7.70. The van der Waals surface area contributed by atoms with Crippen LogP contribution in [0.25, 0.3) is 22.2 Å². The van der Waals surface area contributed by atoms with E-state index >= 15 is 0 Å². The largest absolute Gasteiger partial charge is 0.440 e. The highest BCUT2D eigenvalue weighted by atomic mass is 19.1. The molecule has 36 heavy (non-hydrogen) atoms. The zero-order valence-corrected chi connectivity index (χ0v) is 19.0. The molecule has 0 amide bonds. The number of nitrogens with zero attached hydrogens (tertiary/aromatic N) is 2. The van der Waals surface area contributed by atoms with Gasteiger partial charge in [-0.05, 0) is 59.7 Å². The number of hydrogen-bond acceptors (Lipinski definition) is 4. The van der Waals surface area contributed by atoms with Gasteiger partial charge in [0.15, 0.2) is 22.9 Å². The first-order valence-electron chi connectivity index (χ1n) is 11.9. The first kappa shape index (κ1) is 21.0. The van der Waals surface area contributed by atoms with Gasteiger partial charge in [0.05, 0.1) is 11.8 Å². The van der Waals surface area contributed by atoms with Gasteiger partial charge in [0.1, 0.15) is 22.7 Å². The van der Waals surface area contributed by atoms with Crippen LogP contribution in [0.1, 0.15) is 46.6 Å². The van der Waals surface area contributed by atoms with Crippen molar-refractivity contribution in [2.24, 2.45) is 0 Å². The van der Waals surface area contributed by atoms with Gasteiger partial charge < -0.3 is 8.83 Å². The van der Waals surface area contributed by atoms with Gasteiger partial charge in [0, 0.05) is 11.8 Å². The summed E-state index contributed by atoms with van der Waals surface area (Å²) in [7, 11) is 0. The maximum atomic E-state index is 13.9. The van der Waals surface area contributed by atoms with E-state index < -0.39 is 0 Å². The van der Waals surface area contributed by atoms with Crippen LogP contribution in [0.5, 0.6) is 0 Å². The van der Waals surface area contributed by atoms with Crippen LogP contribution in [-0.4, -0.2) is 9.97 Å². The van der Waals surface area contributed by atoms with E-state index in [0.717, 1.165) is 22.2 Å². The van der Waals surface area contributed by atoms with Gasteiger partial charge in [-0.25, -0.2) is 18.7 Å². The molecule has 2 heterocycles. The molecule has 1 fully saturated rings. The highest BCUT2D eigenvalue weighted by Crippen LogP contribution is 2.66. The van der Waals surface area contributed by atoms with Gasteiger partial charge in [-0.1, -0.05) is 48.5 Å². The third kappa shape index (κ3) is 3.33. The van der Waals surface area contributed by atoms with Crippen molar-refractivity contribution < 1.29 is 17.6 Å². The topological polar surface area (TPSA) is 52.1 Å². The summed E-state index contributed by atoms with van der Waals surface area (Å²) in [5.41, 5.74) is 4.84. The van der Waals surface area contributed by atoms with Crippen LogP contribution in [0.4, 0.5) is 8.78 Å². The van der Waals surface area contributed by atoms with Crippen molar-refractivity contribution in [1.82, 2.24) is 9.97 Å². The average Bonchev–Trinajstić information content (AvgIpc) is 3.49. The Morgan fingerprint density at radius 2 is 0.861 bits per heavy atom. The standard InChI is InChI=1S/C30H20F2N2O2/c31-19-13-9-17(10-14-19)25-26(18-11-15-20(32)16-12-18)28(30-34-22-6-2-4-8-24(22)36-30)27(25)29-33-21-5-1-3-7-23(21)35-29/h1-16,25-28H. The maximum absolute atomic E-state index is 13.9. The average molecular weight is 478 g/mol. The number of aromatic nitrogens is 2. The Morgan fingerprint density at radius 1 is 0.472 bits per heavy atom. The minimum Gasteiger partial charge on any atom is -0.440 e. The lowest BCUT2D eigenvalue weighted by Crippen LogP contribution is -2.40. The lowest BCUT2D eigenvalue weighted by Gasteiger charge is -2.49. The molecule has 176 valence electrons. The van der Waals surface area contributed by atoms with E-state index in [9.17, 15) is 8.78 Å².